The summed E-state index contributed by atoms with van der Waals surface area (Å²) in [5.74, 6) is 0.590. The zero-order valence-electron chi connectivity index (χ0n) is 17.1. The van der Waals surface area contributed by atoms with Crippen molar-refractivity contribution in [2.24, 2.45) is 0 Å². The quantitative estimate of drug-likeness (QED) is 0.799. The number of benzene rings is 2. The first-order chi connectivity index (χ1) is 13.3. The number of hydrogen-bond donors (Lipinski definition) is 2. The van der Waals surface area contributed by atoms with Gasteiger partial charge in [-0.15, -0.1) is 0 Å². The van der Waals surface area contributed by atoms with Crippen LogP contribution in [0.15, 0.2) is 48.5 Å². The van der Waals surface area contributed by atoms with E-state index in [1.54, 1.807) is 0 Å². The van der Waals surface area contributed by atoms with E-state index in [-0.39, 0.29) is 11.2 Å². The van der Waals surface area contributed by atoms with Crippen LogP contribution in [0.25, 0.3) is 0 Å². The maximum absolute atomic E-state index is 13.1. The molecular formula is C23H32FN2O2+. The number of anilines is 1. The maximum atomic E-state index is 13.1. The van der Waals surface area contributed by atoms with Crippen LogP contribution < -0.4 is 14.5 Å². The topological polar surface area (TPSA) is 37.1 Å². The summed E-state index contributed by atoms with van der Waals surface area (Å²) < 4.78 is 18.8. The number of piperazine rings is 1. The highest BCUT2D eigenvalue weighted by Crippen LogP contribution is 2.24. The molecule has 28 heavy (non-hydrogen) atoms. The minimum Gasteiger partial charge on any atom is -0.491 e. The van der Waals surface area contributed by atoms with Gasteiger partial charge in [-0.2, -0.15) is 0 Å². The molecule has 2 aromatic rings. The lowest BCUT2D eigenvalue weighted by Crippen LogP contribution is -3.16. The van der Waals surface area contributed by atoms with E-state index in [0.717, 1.165) is 37.6 Å². The Morgan fingerprint density at radius 1 is 1.04 bits per heavy atom. The number of ether oxygens (including phenoxy) is 1. The van der Waals surface area contributed by atoms with Gasteiger partial charge < -0.3 is 19.6 Å². The van der Waals surface area contributed by atoms with Crippen LogP contribution >= 0.6 is 0 Å². The zero-order chi connectivity index (χ0) is 20.1. The Hall–Kier alpha value is -2.11. The molecule has 1 fully saturated rings. The third-order valence-corrected chi connectivity index (χ3v) is 5.35. The van der Waals surface area contributed by atoms with Gasteiger partial charge in [0.2, 0.25) is 0 Å². The third kappa shape index (κ3) is 5.69. The molecule has 3 rings (SSSR count). The minimum atomic E-state index is -0.491. The van der Waals surface area contributed by atoms with Crippen molar-refractivity contribution in [3.05, 3.63) is 59.9 Å². The van der Waals surface area contributed by atoms with E-state index in [1.165, 1.54) is 22.6 Å². The summed E-state index contributed by atoms with van der Waals surface area (Å²) in [4.78, 5) is 3.64. The molecule has 5 heteroatoms. The molecule has 1 aliphatic rings. The standard InChI is InChI=1S/C23H31FN2O2/c1-23(2,3)18-4-10-22(11-5-18)28-17-21(27)16-25-12-14-26(15-13-25)20-8-6-19(24)7-9-20/h4-11,21,27H,12-17H2,1-3H3/p+1/t21-/m1/s1. The predicted molar refractivity (Wildman–Crippen MR) is 111 cm³/mol. The molecule has 4 nitrogen and oxygen atoms in total. The van der Waals surface area contributed by atoms with E-state index in [1.807, 2.05) is 24.3 Å². The molecule has 0 saturated carbocycles. The Labute approximate surface area is 167 Å². The number of quaternary nitrogens is 1. The van der Waals surface area contributed by atoms with Crippen LogP contribution in [0.3, 0.4) is 0 Å². The first-order valence-corrected chi connectivity index (χ1v) is 10.1. The third-order valence-electron chi connectivity index (χ3n) is 5.35. The number of halogens is 1. The SMILES string of the molecule is CC(C)(C)c1ccc(OC[C@H](O)C[NH+]2CCN(c3ccc(F)cc3)CC2)cc1. The summed E-state index contributed by atoms with van der Waals surface area (Å²) in [7, 11) is 0. The van der Waals surface area contributed by atoms with Gasteiger partial charge in [0.15, 0.2) is 0 Å². The summed E-state index contributed by atoms with van der Waals surface area (Å²) >= 11 is 0. The van der Waals surface area contributed by atoms with Crippen LogP contribution in [0.2, 0.25) is 0 Å². The maximum Gasteiger partial charge on any atom is 0.137 e. The summed E-state index contributed by atoms with van der Waals surface area (Å²) in [6.45, 7) is 11.3. The van der Waals surface area contributed by atoms with Gasteiger partial charge in [-0.25, -0.2) is 4.39 Å². The Morgan fingerprint density at radius 3 is 2.21 bits per heavy atom. The van der Waals surface area contributed by atoms with Crippen LogP contribution in [-0.2, 0) is 5.41 Å². The molecular weight excluding hydrogens is 355 g/mol. The van der Waals surface area contributed by atoms with Crippen molar-refractivity contribution in [2.75, 3.05) is 44.2 Å². The van der Waals surface area contributed by atoms with Crippen LogP contribution in [0.4, 0.5) is 10.1 Å². The molecule has 0 aromatic heterocycles. The van der Waals surface area contributed by atoms with E-state index < -0.39 is 6.10 Å². The Kier molecular flexibility index (Phi) is 6.57. The summed E-state index contributed by atoms with van der Waals surface area (Å²) in [5.41, 5.74) is 2.45. The van der Waals surface area contributed by atoms with E-state index in [9.17, 15) is 9.50 Å². The highest BCUT2D eigenvalue weighted by Gasteiger charge is 2.23. The first-order valence-electron chi connectivity index (χ1n) is 10.1. The fourth-order valence-corrected chi connectivity index (χ4v) is 3.57. The molecule has 0 bridgehead atoms. The molecule has 1 heterocycles. The van der Waals surface area contributed by atoms with Crippen molar-refractivity contribution in [2.45, 2.75) is 32.3 Å². The highest BCUT2D eigenvalue weighted by molar-refractivity contribution is 5.46. The largest absolute Gasteiger partial charge is 0.491 e. The highest BCUT2D eigenvalue weighted by atomic mass is 19.1. The van der Waals surface area contributed by atoms with Crippen molar-refractivity contribution in [1.82, 2.24) is 0 Å². The number of rotatable bonds is 6. The summed E-state index contributed by atoms with van der Waals surface area (Å²) in [6, 6.07) is 14.8. The number of aliphatic hydroxyl groups excluding tert-OH is 1. The molecule has 0 unspecified atom stereocenters. The Balaban J connectivity index is 1.41. The zero-order valence-corrected chi connectivity index (χ0v) is 17.1. The second-order valence-electron chi connectivity index (χ2n) is 8.66. The number of nitrogens with zero attached hydrogens (tertiary/aromatic N) is 1. The van der Waals surface area contributed by atoms with Crippen molar-refractivity contribution >= 4 is 5.69 Å². The number of aliphatic hydroxyl groups is 1. The normalized spacial score (nSPS) is 16.8. The lowest BCUT2D eigenvalue weighted by Gasteiger charge is -2.34. The molecule has 2 aromatic carbocycles. The second-order valence-corrected chi connectivity index (χ2v) is 8.66. The molecule has 152 valence electrons. The summed E-state index contributed by atoms with van der Waals surface area (Å²) in [5, 5.41) is 10.4. The molecule has 0 radical (unpaired) electrons. The van der Waals surface area contributed by atoms with Crippen molar-refractivity contribution in [1.29, 1.82) is 0 Å². The smallest absolute Gasteiger partial charge is 0.137 e. The van der Waals surface area contributed by atoms with Crippen LogP contribution in [0.1, 0.15) is 26.3 Å². The van der Waals surface area contributed by atoms with Crippen LogP contribution in [0.5, 0.6) is 5.75 Å². The van der Waals surface area contributed by atoms with Crippen molar-refractivity contribution < 1.29 is 19.1 Å². The van der Waals surface area contributed by atoms with Gasteiger partial charge in [0.25, 0.3) is 0 Å². The molecule has 2 N–H and O–H groups in total. The van der Waals surface area contributed by atoms with Gasteiger partial charge in [-0.05, 0) is 47.4 Å². The van der Waals surface area contributed by atoms with E-state index in [0.29, 0.717) is 13.2 Å². The lowest BCUT2D eigenvalue weighted by atomic mass is 9.87. The van der Waals surface area contributed by atoms with Gasteiger partial charge >= 0.3 is 0 Å². The molecule has 0 aliphatic carbocycles. The minimum absolute atomic E-state index is 0.122. The van der Waals surface area contributed by atoms with Gasteiger partial charge in [0.05, 0.1) is 26.2 Å². The van der Waals surface area contributed by atoms with E-state index in [2.05, 4.69) is 37.8 Å². The van der Waals surface area contributed by atoms with Crippen molar-refractivity contribution in [3.63, 3.8) is 0 Å². The monoisotopic (exact) mass is 387 g/mol. The van der Waals surface area contributed by atoms with Crippen molar-refractivity contribution in [3.8, 4) is 5.75 Å². The number of hydrogen-bond acceptors (Lipinski definition) is 3. The average Bonchev–Trinajstić information content (AvgIpc) is 2.67. The van der Waals surface area contributed by atoms with Gasteiger partial charge in [0, 0.05) is 5.69 Å². The Bertz CT molecular complexity index is 733. The van der Waals surface area contributed by atoms with E-state index >= 15 is 0 Å². The average molecular weight is 388 g/mol. The van der Waals surface area contributed by atoms with Gasteiger partial charge in [0.1, 0.15) is 30.8 Å². The Morgan fingerprint density at radius 2 is 1.64 bits per heavy atom. The second kappa shape index (κ2) is 8.93. The van der Waals surface area contributed by atoms with E-state index in [4.69, 9.17) is 4.74 Å². The molecule has 1 atom stereocenters. The molecule has 0 spiro atoms. The molecule has 0 amide bonds. The molecule has 1 saturated heterocycles. The summed E-state index contributed by atoms with van der Waals surface area (Å²) in [6.07, 6.45) is -0.491. The molecule has 1 aliphatic heterocycles. The van der Waals surface area contributed by atoms with Crippen LogP contribution in [0, 0.1) is 5.82 Å². The lowest BCUT2D eigenvalue weighted by molar-refractivity contribution is -0.903. The van der Waals surface area contributed by atoms with Gasteiger partial charge in [-0.1, -0.05) is 32.9 Å². The van der Waals surface area contributed by atoms with Gasteiger partial charge in [-0.3, -0.25) is 0 Å². The first kappa shape index (κ1) is 20.6. The predicted octanol–water partition coefficient (Wildman–Crippen LogP) is 2.27. The number of nitrogens with one attached hydrogen (secondary N) is 1. The fraction of sp³-hybridized carbons (Fsp3) is 0.478. The fourth-order valence-electron chi connectivity index (χ4n) is 3.57. The van der Waals surface area contributed by atoms with Crippen LogP contribution in [-0.4, -0.2) is 50.5 Å².